The van der Waals surface area contributed by atoms with Gasteiger partial charge in [0.15, 0.2) is 0 Å². The second-order valence-electron chi connectivity index (χ2n) is 5.46. The Labute approximate surface area is 150 Å². The van der Waals surface area contributed by atoms with Crippen molar-refractivity contribution in [1.29, 1.82) is 0 Å². The smallest absolute Gasteiger partial charge is 0.322 e. The van der Waals surface area contributed by atoms with E-state index in [0.29, 0.717) is 12.2 Å². The Kier molecular flexibility index (Phi) is 10.8. The predicted octanol–water partition coefficient (Wildman–Crippen LogP) is -2.36. The molecule has 4 atom stereocenters. The monoisotopic (exact) mass is 378 g/mol. The highest BCUT2D eigenvalue weighted by molar-refractivity contribution is 7.98. The van der Waals surface area contributed by atoms with Crippen LogP contribution in [0.15, 0.2) is 0 Å². The molecule has 0 aliphatic heterocycles. The van der Waals surface area contributed by atoms with Crippen LogP contribution < -0.4 is 21.7 Å². The molecule has 11 heteroatoms. The Balaban J connectivity index is 4.65. The molecule has 0 aliphatic rings. The average Bonchev–Trinajstić information content (AvgIpc) is 2.54. The molecule has 0 aromatic heterocycles. The van der Waals surface area contributed by atoms with Gasteiger partial charge in [-0.1, -0.05) is 0 Å². The maximum Gasteiger partial charge on any atom is 0.322 e. The molecular formula is C14H26N4O6S. The number of carboxylic acids is 1. The molecule has 25 heavy (non-hydrogen) atoms. The number of carboxylic acid groups (broad SMARTS) is 1. The summed E-state index contributed by atoms with van der Waals surface area (Å²) in [5.41, 5.74) is 5.70. The normalized spacial score (nSPS) is 15.4. The van der Waals surface area contributed by atoms with Crippen LogP contribution in [0.1, 0.15) is 20.3 Å². The summed E-state index contributed by atoms with van der Waals surface area (Å²) in [6, 6.07) is -3.09. The maximum absolute atomic E-state index is 12.1. The molecule has 3 amide bonds. The Morgan fingerprint density at radius 1 is 1.08 bits per heavy atom. The molecule has 0 rings (SSSR count). The Hall–Kier alpha value is -1.85. The number of aliphatic carboxylic acids is 1. The predicted molar refractivity (Wildman–Crippen MR) is 92.8 cm³/mol. The number of amides is 3. The van der Waals surface area contributed by atoms with Gasteiger partial charge in [-0.2, -0.15) is 11.8 Å². The molecule has 10 nitrogen and oxygen atoms in total. The Morgan fingerprint density at radius 2 is 1.68 bits per heavy atom. The van der Waals surface area contributed by atoms with E-state index in [1.807, 2.05) is 6.26 Å². The summed E-state index contributed by atoms with van der Waals surface area (Å²) in [6.07, 6.45) is 1.08. The van der Waals surface area contributed by atoms with Gasteiger partial charge in [0.05, 0.1) is 12.1 Å². The van der Waals surface area contributed by atoms with E-state index >= 15 is 0 Å². The lowest BCUT2D eigenvalue weighted by Crippen LogP contribution is -2.58. The molecule has 0 bridgehead atoms. The molecule has 0 heterocycles. The van der Waals surface area contributed by atoms with E-state index in [0.717, 1.165) is 0 Å². The fraction of sp³-hybridized carbons (Fsp3) is 0.714. The molecule has 0 aromatic rings. The van der Waals surface area contributed by atoms with E-state index in [4.69, 9.17) is 10.8 Å². The number of carbonyl (C=O) groups is 4. The Bertz CT molecular complexity index is 488. The van der Waals surface area contributed by atoms with Crippen molar-refractivity contribution in [3.8, 4) is 0 Å². The summed E-state index contributed by atoms with van der Waals surface area (Å²) in [5, 5.41) is 24.9. The van der Waals surface area contributed by atoms with Gasteiger partial charge in [0, 0.05) is 0 Å². The van der Waals surface area contributed by atoms with E-state index in [2.05, 4.69) is 16.0 Å². The number of hydrogen-bond acceptors (Lipinski definition) is 7. The van der Waals surface area contributed by atoms with E-state index in [9.17, 15) is 24.3 Å². The first-order valence-electron chi connectivity index (χ1n) is 7.63. The molecule has 0 saturated heterocycles. The van der Waals surface area contributed by atoms with Gasteiger partial charge in [-0.15, -0.1) is 0 Å². The molecule has 0 radical (unpaired) electrons. The van der Waals surface area contributed by atoms with Gasteiger partial charge in [0.25, 0.3) is 0 Å². The second kappa shape index (κ2) is 11.7. The third-order valence-corrected chi connectivity index (χ3v) is 3.84. The van der Waals surface area contributed by atoms with Gasteiger partial charge < -0.3 is 31.9 Å². The van der Waals surface area contributed by atoms with Crippen LogP contribution >= 0.6 is 11.8 Å². The average molecular weight is 378 g/mol. The summed E-state index contributed by atoms with van der Waals surface area (Å²) >= 11 is 1.54. The first-order chi connectivity index (χ1) is 11.6. The zero-order chi connectivity index (χ0) is 19.6. The third-order valence-electron chi connectivity index (χ3n) is 3.20. The van der Waals surface area contributed by atoms with Crippen LogP contribution in [-0.4, -0.2) is 76.7 Å². The lowest BCUT2D eigenvalue weighted by molar-refractivity contribution is -0.139. The van der Waals surface area contributed by atoms with Crippen LogP contribution in [0.25, 0.3) is 0 Å². The van der Waals surface area contributed by atoms with E-state index in [1.165, 1.54) is 13.8 Å². The van der Waals surface area contributed by atoms with Gasteiger partial charge in [-0.25, -0.2) is 0 Å². The van der Waals surface area contributed by atoms with E-state index in [-0.39, 0.29) is 0 Å². The molecule has 0 aliphatic carbocycles. The number of aliphatic hydroxyl groups excluding tert-OH is 1. The van der Waals surface area contributed by atoms with Crippen molar-refractivity contribution in [3.63, 3.8) is 0 Å². The molecule has 0 fully saturated rings. The minimum atomic E-state index is -1.35. The van der Waals surface area contributed by atoms with Crippen molar-refractivity contribution < 1.29 is 29.4 Å². The van der Waals surface area contributed by atoms with Gasteiger partial charge in [0.1, 0.15) is 18.6 Å². The summed E-state index contributed by atoms with van der Waals surface area (Å²) in [6.45, 7) is 2.03. The molecule has 7 N–H and O–H groups in total. The number of rotatable bonds is 11. The fourth-order valence-corrected chi connectivity index (χ4v) is 2.21. The van der Waals surface area contributed by atoms with E-state index in [1.54, 1.807) is 11.8 Å². The quantitative estimate of drug-likeness (QED) is 0.232. The van der Waals surface area contributed by atoms with Crippen molar-refractivity contribution in [2.75, 3.05) is 18.6 Å². The summed E-state index contributed by atoms with van der Waals surface area (Å²) in [5.74, 6) is -2.62. The van der Waals surface area contributed by atoms with Crippen molar-refractivity contribution >= 4 is 35.5 Å². The molecule has 0 saturated carbocycles. The largest absolute Gasteiger partial charge is 0.480 e. The SMILES string of the molecule is CSCCC(N)C(=O)NC(C)C(=O)NC(C(=O)NCC(=O)O)C(C)O. The van der Waals surface area contributed by atoms with Crippen LogP contribution in [0.5, 0.6) is 0 Å². The second-order valence-corrected chi connectivity index (χ2v) is 6.44. The first kappa shape index (κ1) is 23.1. The lowest BCUT2D eigenvalue weighted by Gasteiger charge is -2.23. The van der Waals surface area contributed by atoms with Crippen molar-refractivity contribution in [2.24, 2.45) is 5.73 Å². The maximum atomic E-state index is 12.1. The number of nitrogens with one attached hydrogen (secondary N) is 3. The number of thioether (sulfide) groups is 1. The molecule has 0 spiro atoms. The third kappa shape index (κ3) is 9.27. The molecular weight excluding hydrogens is 352 g/mol. The van der Waals surface area contributed by atoms with Gasteiger partial charge in [-0.05, 0) is 32.3 Å². The minimum Gasteiger partial charge on any atom is -0.480 e. The standard InChI is InChI=1S/C14H26N4O6S/c1-7(17-13(23)9(15)4-5-25-3)12(22)18-11(8(2)19)14(24)16-6-10(20)21/h7-9,11,19H,4-6,15H2,1-3H3,(H,16,24)(H,17,23)(H,18,22)(H,20,21). The van der Waals surface area contributed by atoms with Crippen LogP contribution in [-0.2, 0) is 19.2 Å². The zero-order valence-corrected chi connectivity index (χ0v) is 15.3. The highest BCUT2D eigenvalue weighted by Crippen LogP contribution is 2.00. The number of aliphatic hydroxyl groups is 1. The topological polar surface area (TPSA) is 171 Å². The molecule has 0 aromatic carbocycles. The number of hydrogen-bond donors (Lipinski definition) is 6. The van der Waals surface area contributed by atoms with Crippen molar-refractivity contribution in [2.45, 2.75) is 44.5 Å². The van der Waals surface area contributed by atoms with E-state index < -0.39 is 54.5 Å². The van der Waals surface area contributed by atoms with Gasteiger partial charge >= 0.3 is 5.97 Å². The summed E-state index contributed by atoms with van der Waals surface area (Å²) in [4.78, 5) is 46.3. The molecule has 144 valence electrons. The van der Waals surface area contributed by atoms with Crippen molar-refractivity contribution in [3.05, 3.63) is 0 Å². The van der Waals surface area contributed by atoms with Crippen LogP contribution in [0.4, 0.5) is 0 Å². The van der Waals surface area contributed by atoms with Gasteiger partial charge in [-0.3, -0.25) is 19.2 Å². The fourth-order valence-electron chi connectivity index (χ4n) is 1.72. The zero-order valence-electron chi connectivity index (χ0n) is 14.4. The van der Waals surface area contributed by atoms with Crippen LogP contribution in [0.3, 0.4) is 0 Å². The minimum absolute atomic E-state index is 0.454. The highest BCUT2D eigenvalue weighted by Gasteiger charge is 2.28. The summed E-state index contributed by atoms with van der Waals surface area (Å²) in [7, 11) is 0. The Morgan fingerprint density at radius 3 is 2.16 bits per heavy atom. The van der Waals surface area contributed by atoms with Crippen LogP contribution in [0, 0.1) is 0 Å². The molecule has 4 unspecified atom stereocenters. The number of nitrogens with two attached hydrogens (primary N) is 1. The lowest BCUT2D eigenvalue weighted by atomic mass is 10.1. The number of carbonyl (C=O) groups excluding carboxylic acids is 3. The van der Waals surface area contributed by atoms with Crippen LogP contribution in [0.2, 0.25) is 0 Å². The summed E-state index contributed by atoms with van der Waals surface area (Å²) < 4.78 is 0. The first-order valence-corrected chi connectivity index (χ1v) is 9.02. The highest BCUT2D eigenvalue weighted by atomic mass is 32.2. The van der Waals surface area contributed by atoms with Crippen molar-refractivity contribution in [1.82, 2.24) is 16.0 Å². The van der Waals surface area contributed by atoms with Gasteiger partial charge in [0.2, 0.25) is 17.7 Å².